The molecule has 0 aliphatic carbocycles. The summed E-state index contributed by atoms with van der Waals surface area (Å²) >= 11 is 1.57. The molecule has 0 atom stereocenters. The molecular formula is C23H22N2O3S. The molecule has 6 heteroatoms. The zero-order chi connectivity index (χ0) is 20.9. The lowest BCUT2D eigenvalue weighted by Gasteiger charge is -2.10. The van der Waals surface area contributed by atoms with Crippen LogP contribution in [-0.2, 0) is 9.53 Å². The van der Waals surface area contributed by atoms with Gasteiger partial charge >= 0.3 is 5.97 Å². The average Bonchev–Trinajstić information content (AvgIpc) is 3.27. The lowest BCUT2D eigenvalue weighted by Crippen LogP contribution is -2.08. The van der Waals surface area contributed by atoms with Crippen LogP contribution in [0.2, 0.25) is 0 Å². The quantitative estimate of drug-likeness (QED) is 0.489. The SMILES string of the molecule is COC(=O)c1c(-n2c(C)cc(/C=C3/C(=O)Nc4ccccc43)c2C)sc(C)c1C. The molecule has 0 radical (unpaired) electrons. The van der Waals surface area contributed by atoms with Gasteiger partial charge in [0.2, 0.25) is 0 Å². The number of methoxy groups -OCH3 is 1. The zero-order valence-electron chi connectivity index (χ0n) is 17.0. The largest absolute Gasteiger partial charge is 0.465 e. The van der Waals surface area contributed by atoms with Gasteiger partial charge in [0.15, 0.2) is 0 Å². The summed E-state index contributed by atoms with van der Waals surface area (Å²) < 4.78 is 7.10. The maximum absolute atomic E-state index is 12.5. The van der Waals surface area contributed by atoms with Crippen LogP contribution in [0.3, 0.4) is 0 Å². The summed E-state index contributed by atoms with van der Waals surface area (Å²) in [5.41, 5.74) is 6.83. The number of aryl methyl sites for hydroxylation is 2. The molecule has 1 aliphatic heterocycles. The van der Waals surface area contributed by atoms with Crippen molar-refractivity contribution in [2.24, 2.45) is 0 Å². The van der Waals surface area contributed by atoms with Crippen LogP contribution in [0.25, 0.3) is 16.7 Å². The van der Waals surface area contributed by atoms with Gasteiger partial charge in [0.05, 0.1) is 12.7 Å². The number of ether oxygens (including phenoxy) is 1. The molecule has 2 aromatic heterocycles. The number of amides is 1. The smallest absolute Gasteiger partial charge is 0.341 e. The van der Waals surface area contributed by atoms with E-state index in [4.69, 9.17) is 4.74 Å². The molecule has 1 aromatic carbocycles. The molecule has 0 unspecified atom stereocenters. The maximum atomic E-state index is 12.5. The van der Waals surface area contributed by atoms with E-state index < -0.39 is 0 Å². The minimum Gasteiger partial charge on any atom is -0.465 e. The first kappa shape index (κ1) is 19.2. The number of benzene rings is 1. The number of rotatable bonds is 3. The molecule has 0 saturated carbocycles. The monoisotopic (exact) mass is 406 g/mol. The average molecular weight is 407 g/mol. The Kier molecular flexibility index (Phi) is 4.67. The van der Waals surface area contributed by atoms with Crippen LogP contribution in [0.1, 0.15) is 43.3 Å². The fourth-order valence-electron chi connectivity index (χ4n) is 3.79. The summed E-state index contributed by atoms with van der Waals surface area (Å²) in [6.07, 6.45) is 1.92. The van der Waals surface area contributed by atoms with E-state index in [0.29, 0.717) is 11.1 Å². The lowest BCUT2D eigenvalue weighted by molar-refractivity contribution is -0.110. The first-order valence-electron chi connectivity index (χ1n) is 9.33. The predicted molar refractivity (Wildman–Crippen MR) is 117 cm³/mol. The van der Waals surface area contributed by atoms with Crippen LogP contribution in [0.15, 0.2) is 30.3 Å². The van der Waals surface area contributed by atoms with Crippen molar-refractivity contribution in [2.75, 3.05) is 12.4 Å². The van der Waals surface area contributed by atoms with E-state index in [-0.39, 0.29) is 11.9 Å². The number of para-hydroxylation sites is 1. The van der Waals surface area contributed by atoms with Gasteiger partial charge in [-0.1, -0.05) is 18.2 Å². The maximum Gasteiger partial charge on any atom is 0.341 e. The summed E-state index contributed by atoms with van der Waals surface area (Å²) in [6, 6.07) is 9.72. The number of nitrogens with zero attached hydrogens (tertiary/aromatic N) is 1. The Hall–Kier alpha value is -3.12. The van der Waals surface area contributed by atoms with E-state index in [1.807, 2.05) is 64.1 Å². The molecule has 0 spiro atoms. The molecule has 1 amide bonds. The number of thiophene rings is 1. The van der Waals surface area contributed by atoms with Gasteiger partial charge in [-0.05, 0) is 57.0 Å². The van der Waals surface area contributed by atoms with E-state index in [2.05, 4.69) is 9.88 Å². The second-order valence-electron chi connectivity index (χ2n) is 7.17. The number of nitrogens with one attached hydrogen (secondary N) is 1. The van der Waals surface area contributed by atoms with Gasteiger partial charge in [0, 0.05) is 33.1 Å². The zero-order valence-corrected chi connectivity index (χ0v) is 17.9. The van der Waals surface area contributed by atoms with Crippen LogP contribution in [0.5, 0.6) is 0 Å². The Bertz CT molecular complexity index is 1200. The summed E-state index contributed by atoms with van der Waals surface area (Å²) in [5.74, 6) is -0.438. The lowest BCUT2D eigenvalue weighted by atomic mass is 10.0. The highest BCUT2D eigenvalue weighted by Crippen LogP contribution is 2.37. The van der Waals surface area contributed by atoms with E-state index in [1.165, 1.54) is 7.11 Å². The van der Waals surface area contributed by atoms with Gasteiger partial charge < -0.3 is 14.6 Å². The van der Waals surface area contributed by atoms with Crippen molar-refractivity contribution in [3.05, 3.63) is 68.9 Å². The number of carbonyl (C=O) groups excluding carboxylic acids is 2. The third kappa shape index (κ3) is 3.00. The number of anilines is 1. The van der Waals surface area contributed by atoms with Crippen LogP contribution >= 0.6 is 11.3 Å². The van der Waals surface area contributed by atoms with Gasteiger partial charge in [-0.15, -0.1) is 11.3 Å². The fraction of sp³-hybridized carbons (Fsp3) is 0.217. The second kappa shape index (κ2) is 7.04. The molecule has 5 nitrogen and oxygen atoms in total. The number of hydrogen-bond donors (Lipinski definition) is 1. The van der Waals surface area contributed by atoms with Gasteiger partial charge in [-0.3, -0.25) is 4.79 Å². The Morgan fingerprint density at radius 1 is 1.17 bits per heavy atom. The number of aromatic nitrogens is 1. The van der Waals surface area contributed by atoms with Crippen molar-refractivity contribution in [1.29, 1.82) is 0 Å². The van der Waals surface area contributed by atoms with Crippen molar-refractivity contribution in [3.63, 3.8) is 0 Å². The Morgan fingerprint density at radius 2 is 1.90 bits per heavy atom. The highest BCUT2D eigenvalue weighted by Gasteiger charge is 2.26. The van der Waals surface area contributed by atoms with Crippen molar-refractivity contribution >= 4 is 40.5 Å². The van der Waals surface area contributed by atoms with Gasteiger partial charge in [0.25, 0.3) is 5.91 Å². The van der Waals surface area contributed by atoms with Crippen LogP contribution in [0.4, 0.5) is 5.69 Å². The van der Waals surface area contributed by atoms with Crippen molar-refractivity contribution in [2.45, 2.75) is 27.7 Å². The van der Waals surface area contributed by atoms with E-state index in [1.54, 1.807) is 11.3 Å². The molecule has 0 saturated heterocycles. The van der Waals surface area contributed by atoms with Crippen molar-refractivity contribution in [3.8, 4) is 5.00 Å². The van der Waals surface area contributed by atoms with Crippen LogP contribution in [-0.4, -0.2) is 23.6 Å². The van der Waals surface area contributed by atoms with Gasteiger partial charge in [-0.25, -0.2) is 4.79 Å². The number of carbonyl (C=O) groups is 2. The standard InChI is InChI=1S/C23H22N2O3S/c1-12-10-16(11-18-17-8-6-7-9-19(17)24-21(18)26)14(3)25(12)22-20(23(27)28-5)13(2)15(4)29-22/h6-11H,1-5H3,(H,24,26)/b18-11+. The predicted octanol–water partition coefficient (Wildman–Crippen LogP) is 5.05. The molecule has 4 rings (SSSR count). The van der Waals surface area contributed by atoms with E-state index in [9.17, 15) is 9.59 Å². The van der Waals surface area contributed by atoms with Crippen LogP contribution < -0.4 is 5.32 Å². The summed E-state index contributed by atoms with van der Waals surface area (Å²) in [7, 11) is 1.40. The Balaban J connectivity index is 1.87. The number of fused-ring (bicyclic) bond motifs is 1. The van der Waals surface area contributed by atoms with Crippen molar-refractivity contribution < 1.29 is 14.3 Å². The first-order valence-corrected chi connectivity index (χ1v) is 10.1. The number of hydrogen-bond acceptors (Lipinski definition) is 4. The molecule has 3 aromatic rings. The third-order valence-corrected chi connectivity index (χ3v) is 6.63. The molecular weight excluding hydrogens is 384 g/mol. The summed E-state index contributed by atoms with van der Waals surface area (Å²) in [4.78, 5) is 26.0. The molecule has 3 heterocycles. The minimum atomic E-state index is -0.335. The van der Waals surface area contributed by atoms with Gasteiger partial charge in [-0.2, -0.15) is 0 Å². The molecule has 148 valence electrons. The molecule has 1 N–H and O–H groups in total. The second-order valence-corrected chi connectivity index (χ2v) is 8.38. The molecule has 0 fully saturated rings. The Labute approximate surface area is 173 Å². The topological polar surface area (TPSA) is 60.3 Å². The van der Waals surface area contributed by atoms with E-state index >= 15 is 0 Å². The highest BCUT2D eigenvalue weighted by molar-refractivity contribution is 7.15. The fourth-order valence-corrected chi connectivity index (χ4v) is 5.05. The van der Waals surface area contributed by atoms with Crippen LogP contribution in [0, 0.1) is 27.7 Å². The minimum absolute atomic E-state index is 0.103. The van der Waals surface area contributed by atoms with Crippen molar-refractivity contribution in [1.82, 2.24) is 4.57 Å². The van der Waals surface area contributed by atoms with Gasteiger partial charge in [0.1, 0.15) is 5.00 Å². The molecule has 1 aliphatic rings. The third-order valence-electron chi connectivity index (χ3n) is 5.44. The van der Waals surface area contributed by atoms with E-state index in [0.717, 1.165) is 43.6 Å². The first-order chi connectivity index (χ1) is 13.8. The Morgan fingerprint density at radius 3 is 2.62 bits per heavy atom. The normalized spacial score (nSPS) is 14.2. The molecule has 0 bridgehead atoms. The number of esters is 1. The highest BCUT2D eigenvalue weighted by atomic mass is 32.1. The molecule has 29 heavy (non-hydrogen) atoms. The summed E-state index contributed by atoms with van der Waals surface area (Å²) in [5, 5.41) is 3.76. The summed E-state index contributed by atoms with van der Waals surface area (Å²) in [6.45, 7) is 7.96.